The van der Waals surface area contributed by atoms with Gasteiger partial charge in [-0.05, 0) is 12.3 Å². The molecule has 3 N–H and O–H groups in total. The second kappa shape index (κ2) is 18.3. The molecule has 0 aliphatic carbocycles. The van der Waals surface area contributed by atoms with E-state index in [1.54, 1.807) is 6.07 Å². The Morgan fingerprint density at radius 1 is 0.963 bits per heavy atom. The van der Waals surface area contributed by atoms with E-state index in [4.69, 9.17) is 5.26 Å². The fourth-order valence-corrected chi connectivity index (χ4v) is 3.41. The van der Waals surface area contributed by atoms with Crippen LogP contribution in [-0.4, -0.2) is 34.9 Å². The van der Waals surface area contributed by atoms with Crippen molar-refractivity contribution in [3.05, 3.63) is 0 Å². The Bertz CT molecular complexity index is 396. The van der Waals surface area contributed by atoms with Gasteiger partial charge in [0.1, 0.15) is 6.42 Å². The minimum atomic E-state index is -0.763. The zero-order valence-electron chi connectivity index (χ0n) is 17.6. The van der Waals surface area contributed by atoms with E-state index in [2.05, 4.69) is 19.2 Å². The van der Waals surface area contributed by atoms with Gasteiger partial charge in [-0.25, -0.2) is 0 Å². The van der Waals surface area contributed by atoms with Crippen molar-refractivity contribution in [1.82, 2.24) is 5.32 Å². The molecule has 0 rings (SSSR count). The first-order chi connectivity index (χ1) is 13.0. The van der Waals surface area contributed by atoms with E-state index in [1.165, 1.54) is 57.8 Å². The van der Waals surface area contributed by atoms with Crippen molar-refractivity contribution in [2.24, 2.45) is 5.92 Å². The van der Waals surface area contributed by atoms with Crippen molar-refractivity contribution >= 4 is 5.91 Å². The predicted molar refractivity (Wildman–Crippen MR) is 110 cm³/mol. The lowest BCUT2D eigenvalue weighted by Crippen LogP contribution is -2.45. The number of hydrogen-bond acceptors (Lipinski definition) is 4. The Kier molecular flexibility index (Phi) is 17.5. The average molecular weight is 383 g/mol. The van der Waals surface area contributed by atoms with Gasteiger partial charge < -0.3 is 15.5 Å². The molecule has 0 fully saturated rings. The standard InChI is InChI=1S/C22H42N2O3/c1-3-4-5-6-7-8-9-10-13-19(2)14-11-12-15-21(26)20(18-25)24-22(27)16-17-23/h19-21,25-26H,3-16,18H2,1-2H3,(H,24,27). The third kappa shape index (κ3) is 15.6. The molecular weight excluding hydrogens is 340 g/mol. The zero-order chi connectivity index (χ0) is 20.3. The highest BCUT2D eigenvalue weighted by atomic mass is 16.3. The normalized spacial score (nSPS) is 14.3. The minimum absolute atomic E-state index is 0.251. The summed E-state index contributed by atoms with van der Waals surface area (Å²) in [5.41, 5.74) is 0. The van der Waals surface area contributed by atoms with E-state index in [-0.39, 0.29) is 13.0 Å². The van der Waals surface area contributed by atoms with Crippen molar-refractivity contribution in [2.75, 3.05) is 6.61 Å². The largest absolute Gasteiger partial charge is 0.394 e. The number of amides is 1. The molecule has 5 nitrogen and oxygen atoms in total. The third-order valence-electron chi connectivity index (χ3n) is 5.24. The summed E-state index contributed by atoms with van der Waals surface area (Å²) < 4.78 is 0. The van der Waals surface area contributed by atoms with E-state index in [0.29, 0.717) is 12.3 Å². The van der Waals surface area contributed by atoms with Crippen LogP contribution in [0.5, 0.6) is 0 Å². The molecule has 0 aromatic heterocycles. The number of carbonyl (C=O) groups excluding carboxylic acids is 1. The summed E-state index contributed by atoms with van der Waals surface area (Å²) in [6.07, 6.45) is 14.8. The molecule has 0 aliphatic heterocycles. The Balaban J connectivity index is 3.66. The van der Waals surface area contributed by atoms with Crippen LogP contribution in [-0.2, 0) is 4.79 Å². The van der Waals surface area contributed by atoms with Crippen LogP contribution in [0.1, 0.15) is 104 Å². The van der Waals surface area contributed by atoms with E-state index in [9.17, 15) is 15.0 Å². The number of aliphatic hydroxyl groups is 2. The lowest BCUT2D eigenvalue weighted by atomic mass is 9.95. The maximum atomic E-state index is 11.4. The van der Waals surface area contributed by atoms with Gasteiger partial charge >= 0.3 is 0 Å². The predicted octanol–water partition coefficient (Wildman–Crippen LogP) is 4.47. The van der Waals surface area contributed by atoms with Gasteiger partial charge in [-0.3, -0.25) is 4.79 Å². The lowest BCUT2D eigenvalue weighted by molar-refractivity contribution is -0.122. The summed E-state index contributed by atoms with van der Waals surface area (Å²) in [4.78, 5) is 11.4. The fraction of sp³-hybridized carbons (Fsp3) is 0.909. The number of unbranched alkanes of at least 4 members (excludes halogenated alkanes) is 8. The van der Waals surface area contributed by atoms with Crippen LogP contribution in [0.15, 0.2) is 0 Å². The van der Waals surface area contributed by atoms with Crippen molar-refractivity contribution in [2.45, 2.75) is 116 Å². The molecule has 0 saturated heterocycles. The van der Waals surface area contributed by atoms with Crippen LogP contribution in [0, 0.1) is 17.2 Å². The van der Waals surface area contributed by atoms with E-state index >= 15 is 0 Å². The SMILES string of the molecule is CCCCCCCCCCC(C)CCCCC(O)C(CO)NC(=O)CC#N. The van der Waals surface area contributed by atoms with Gasteiger partial charge in [0.05, 0.1) is 24.8 Å². The number of nitrogens with zero attached hydrogens (tertiary/aromatic N) is 1. The number of nitrogens with one attached hydrogen (secondary N) is 1. The molecule has 0 spiro atoms. The highest BCUT2D eigenvalue weighted by Crippen LogP contribution is 2.18. The lowest BCUT2D eigenvalue weighted by Gasteiger charge is -2.22. The van der Waals surface area contributed by atoms with Crippen molar-refractivity contribution in [1.29, 1.82) is 5.26 Å². The summed E-state index contributed by atoms with van der Waals surface area (Å²) in [7, 11) is 0. The van der Waals surface area contributed by atoms with E-state index < -0.39 is 18.1 Å². The summed E-state index contributed by atoms with van der Waals surface area (Å²) >= 11 is 0. The van der Waals surface area contributed by atoms with Gasteiger partial charge in [-0.1, -0.05) is 90.9 Å². The molecule has 27 heavy (non-hydrogen) atoms. The molecule has 0 radical (unpaired) electrons. The molecule has 3 unspecified atom stereocenters. The van der Waals surface area contributed by atoms with Crippen LogP contribution in [0.2, 0.25) is 0 Å². The monoisotopic (exact) mass is 382 g/mol. The number of aliphatic hydroxyl groups excluding tert-OH is 2. The van der Waals surface area contributed by atoms with Gasteiger partial charge in [-0.15, -0.1) is 0 Å². The molecular formula is C22H42N2O3. The Hall–Kier alpha value is -1.12. The second-order valence-electron chi connectivity index (χ2n) is 7.91. The summed E-state index contributed by atoms with van der Waals surface area (Å²) in [6, 6.07) is 1.08. The molecule has 1 amide bonds. The highest BCUT2D eigenvalue weighted by molar-refractivity contribution is 5.78. The molecule has 0 aliphatic rings. The van der Waals surface area contributed by atoms with Crippen molar-refractivity contribution in [3.63, 3.8) is 0 Å². The molecule has 0 aromatic rings. The number of hydrogen-bond donors (Lipinski definition) is 3. The molecule has 3 atom stereocenters. The van der Waals surface area contributed by atoms with Crippen LogP contribution >= 0.6 is 0 Å². The maximum absolute atomic E-state index is 11.4. The molecule has 158 valence electrons. The molecule has 0 heterocycles. The summed E-state index contributed by atoms with van der Waals surface area (Å²) in [5.74, 6) is 0.265. The Morgan fingerprint density at radius 3 is 2.04 bits per heavy atom. The van der Waals surface area contributed by atoms with Crippen LogP contribution in [0.25, 0.3) is 0 Å². The quantitative estimate of drug-likeness (QED) is 0.305. The third-order valence-corrected chi connectivity index (χ3v) is 5.24. The molecule has 0 aromatic carbocycles. The summed E-state index contributed by atoms with van der Waals surface area (Å²) in [6.45, 7) is 4.24. The van der Waals surface area contributed by atoms with Crippen LogP contribution < -0.4 is 5.32 Å². The van der Waals surface area contributed by atoms with Gasteiger partial charge in [-0.2, -0.15) is 5.26 Å². The Morgan fingerprint density at radius 2 is 1.48 bits per heavy atom. The van der Waals surface area contributed by atoms with Gasteiger partial charge in [0.25, 0.3) is 0 Å². The van der Waals surface area contributed by atoms with Gasteiger partial charge in [0.2, 0.25) is 5.91 Å². The van der Waals surface area contributed by atoms with Gasteiger partial charge in [0.15, 0.2) is 0 Å². The highest BCUT2D eigenvalue weighted by Gasteiger charge is 2.20. The van der Waals surface area contributed by atoms with E-state index in [1.807, 2.05) is 0 Å². The Labute approximate surface area is 166 Å². The first-order valence-corrected chi connectivity index (χ1v) is 11.0. The zero-order valence-corrected chi connectivity index (χ0v) is 17.6. The molecule has 5 heteroatoms. The fourth-order valence-electron chi connectivity index (χ4n) is 3.41. The second-order valence-corrected chi connectivity index (χ2v) is 7.91. The first-order valence-electron chi connectivity index (χ1n) is 11.0. The molecule has 0 bridgehead atoms. The van der Waals surface area contributed by atoms with Crippen LogP contribution in [0.4, 0.5) is 0 Å². The van der Waals surface area contributed by atoms with Crippen molar-refractivity contribution in [3.8, 4) is 6.07 Å². The smallest absolute Gasteiger partial charge is 0.234 e. The summed E-state index contributed by atoms with van der Waals surface area (Å²) in [5, 5.41) is 30.4. The average Bonchev–Trinajstić information content (AvgIpc) is 2.65. The van der Waals surface area contributed by atoms with Crippen LogP contribution in [0.3, 0.4) is 0 Å². The first kappa shape index (κ1) is 25.9. The van der Waals surface area contributed by atoms with Crippen molar-refractivity contribution < 1.29 is 15.0 Å². The minimum Gasteiger partial charge on any atom is -0.394 e. The topological polar surface area (TPSA) is 93.3 Å². The van der Waals surface area contributed by atoms with E-state index in [0.717, 1.165) is 19.3 Å². The number of carbonyl (C=O) groups is 1. The molecule has 0 saturated carbocycles. The maximum Gasteiger partial charge on any atom is 0.234 e. The number of nitriles is 1. The number of rotatable bonds is 18. The van der Waals surface area contributed by atoms with Gasteiger partial charge in [0, 0.05) is 0 Å².